The van der Waals surface area contributed by atoms with Crippen LogP contribution < -0.4 is 5.32 Å². The summed E-state index contributed by atoms with van der Waals surface area (Å²) < 4.78 is 24.5. The van der Waals surface area contributed by atoms with Crippen molar-refractivity contribution in [3.63, 3.8) is 0 Å². The van der Waals surface area contributed by atoms with Gasteiger partial charge in [0, 0.05) is 39.9 Å². The van der Waals surface area contributed by atoms with Gasteiger partial charge >= 0.3 is 0 Å². The van der Waals surface area contributed by atoms with E-state index in [0.29, 0.717) is 26.3 Å². The zero-order valence-electron chi connectivity index (χ0n) is 15.3. The van der Waals surface area contributed by atoms with Crippen molar-refractivity contribution < 1.29 is 13.9 Å². The predicted octanol–water partition coefficient (Wildman–Crippen LogP) is 2.81. The SMILES string of the molecule is CCNC(=NCCCOCC1CCCO1)N(C)Cc1cccc(F)c1. The molecule has 5 nitrogen and oxygen atoms in total. The summed E-state index contributed by atoms with van der Waals surface area (Å²) in [7, 11) is 1.96. The van der Waals surface area contributed by atoms with E-state index in [0.717, 1.165) is 43.9 Å². The summed E-state index contributed by atoms with van der Waals surface area (Å²) in [4.78, 5) is 6.63. The smallest absolute Gasteiger partial charge is 0.193 e. The van der Waals surface area contributed by atoms with Crippen LogP contribution in [0.3, 0.4) is 0 Å². The average molecular weight is 351 g/mol. The fourth-order valence-corrected chi connectivity index (χ4v) is 2.80. The maximum atomic E-state index is 13.3. The Morgan fingerprint density at radius 3 is 3.08 bits per heavy atom. The van der Waals surface area contributed by atoms with Crippen molar-refractivity contribution in [3.8, 4) is 0 Å². The first-order valence-electron chi connectivity index (χ1n) is 9.12. The molecule has 0 aliphatic carbocycles. The number of guanidine groups is 1. The molecule has 6 heteroatoms. The summed E-state index contributed by atoms with van der Waals surface area (Å²) in [5, 5.41) is 3.27. The van der Waals surface area contributed by atoms with Crippen molar-refractivity contribution in [2.24, 2.45) is 4.99 Å². The minimum atomic E-state index is -0.212. The van der Waals surface area contributed by atoms with Crippen LogP contribution in [0, 0.1) is 5.82 Å². The third kappa shape index (κ3) is 7.40. The first-order valence-corrected chi connectivity index (χ1v) is 9.12. The van der Waals surface area contributed by atoms with E-state index in [4.69, 9.17) is 9.47 Å². The summed E-state index contributed by atoms with van der Waals surface area (Å²) in [6.07, 6.45) is 3.39. The number of rotatable bonds is 9. The fraction of sp³-hybridized carbons (Fsp3) is 0.632. The van der Waals surface area contributed by atoms with Crippen LogP contribution >= 0.6 is 0 Å². The normalized spacial score (nSPS) is 17.7. The van der Waals surface area contributed by atoms with Gasteiger partial charge < -0.3 is 19.7 Å². The third-order valence-corrected chi connectivity index (χ3v) is 4.04. The van der Waals surface area contributed by atoms with Crippen LogP contribution in [-0.2, 0) is 16.0 Å². The molecule has 1 aromatic rings. The fourth-order valence-electron chi connectivity index (χ4n) is 2.80. The van der Waals surface area contributed by atoms with E-state index in [-0.39, 0.29) is 11.9 Å². The second-order valence-corrected chi connectivity index (χ2v) is 6.29. The van der Waals surface area contributed by atoms with E-state index in [2.05, 4.69) is 10.3 Å². The molecule has 25 heavy (non-hydrogen) atoms. The van der Waals surface area contributed by atoms with Gasteiger partial charge in [-0.1, -0.05) is 12.1 Å². The maximum Gasteiger partial charge on any atom is 0.193 e. The molecule has 1 N–H and O–H groups in total. The van der Waals surface area contributed by atoms with Crippen molar-refractivity contribution >= 4 is 5.96 Å². The molecule has 0 saturated carbocycles. The summed E-state index contributed by atoms with van der Waals surface area (Å²) in [6.45, 7) is 6.38. The molecule has 0 bridgehead atoms. The van der Waals surface area contributed by atoms with Crippen molar-refractivity contribution in [1.29, 1.82) is 0 Å². The first-order chi connectivity index (χ1) is 12.2. The standard InChI is InChI=1S/C19H30FN3O2/c1-3-21-19(23(2)14-16-7-4-8-17(20)13-16)22-10-6-11-24-15-18-9-5-12-25-18/h4,7-8,13,18H,3,5-6,9-12,14-15H2,1-2H3,(H,21,22). The molecule has 0 spiro atoms. The van der Waals surface area contributed by atoms with Gasteiger partial charge in [0.25, 0.3) is 0 Å². The minimum Gasteiger partial charge on any atom is -0.379 e. The number of aliphatic imine (C=N–C) groups is 1. The maximum absolute atomic E-state index is 13.3. The van der Waals surface area contributed by atoms with E-state index in [1.807, 2.05) is 24.9 Å². The van der Waals surface area contributed by atoms with E-state index in [9.17, 15) is 4.39 Å². The van der Waals surface area contributed by atoms with Crippen LogP contribution in [0.15, 0.2) is 29.3 Å². The van der Waals surface area contributed by atoms with Gasteiger partial charge in [0.1, 0.15) is 5.82 Å². The molecular weight excluding hydrogens is 321 g/mol. The monoisotopic (exact) mass is 351 g/mol. The summed E-state index contributed by atoms with van der Waals surface area (Å²) >= 11 is 0. The summed E-state index contributed by atoms with van der Waals surface area (Å²) in [5.74, 6) is 0.613. The molecule has 1 fully saturated rings. The predicted molar refractivity (Wildman–Crippen MR) is 98.3 cm³/mol. The Balaban J connectivity index is 1.72. The Morgan fingerprint density at radius 2 is 2.36 bits per heavy atom. The Kier molecular flexibility index (Phi) is 8.69. The zero-order valence-corrected chi connectivity index (χ0v) is 15.3. The van der Waals surface area contributed by atoms with Gasteiger partial charge in [-0.15, -0.1) is 0 Å². The topological polar surface area (TPSA) is 46.1 Å². The number of benzene rings is 1. The number of ether oxygens (including phenoxy) is 2. The van der Waals surface area contributed by atoms with E-state index in [1.54, 1.807) is 12.1 Å². The number of nitrogens with one attached hydrogen (secondary N) is 1. The number of hydrogen-bond donors (Lipinski definition) is 1. The molecule has 1 aromatic carbocycles. The van der Waals surface area contributed by atoms with Gasteiger partial charge in [0.2, 0.25) is 0 Å². The Morgan fingerprint density at radius 1 is 1.48 bits per heavy atom. The Bertz CT molecular complexity index is 533. The molecule has 1 saturated heterocycles. The molecule has 1 atom stereocenters. The molecule has 1 unspecified atom stereocenters. The first kappa shape index (κ1) is 19.7. The molecule has 140 valence electrons. The number of hydrogen-bond acceptors (Lipinski definition) is 3. The lowest BCUT2D eigenvalue weighted by Gasteiger charge is -2.22. The molecule has 1 aliphatic heterocycles. The highest BCUT2D eigenvalue weighted by Gasteiger charge is 2.14. The molecule has 0 radical (unpaired) electrons. The molecule has 0 aromatic heterocycles. The second-order valence-electron chi connectivity index (χ2n) is 6.29. The highest BCUT2D eigenvalue weighted by molar-refractivity contribution is 5.79. The van der Waals surface area contributed by atoms with E-state index >= 15 is 0 Å². The van der Waals surface area contributed by atoms with E-state index < -0.39 is 0 Å². The lowest BCUT2D eigenvalue weighted by molar-refractivity contribution is 0.0170. The summed E-state index contributed by atoms with van der Waals surface area (Å²) in [6, 6.07) is 6.66. The van der Waals surface area contributed by atoms with Gasteiger partial charge in [-0.05, 0) is 43.9 Å². The number of nitrogens with zero attached hydrogens (tertiary/aromatic N) is 2. The van der Waals surface area contributed by atoms with Gasteiger partial charge in [-0.2, -0.15) is 0 Å². The minimum absolute atomic E-state index is 0.212. The molecule has 1 heterocycles. The lowest BCUT2D eigenvalue weighted by atomic mass is 10.2. The van der Waals surface area contributed by atoms with Crippen molar-refractivity contribution in [2.75, 3.05) is 40.0 Å². The van der Waals surface area contributed by atoms with Crippen molar-refractivity contribution in [2.45, 2.75) is 38.8 Å². The van der Waals surface area contributed by atoms with Crippen molar-refractivity contribution in [1.82, 2.24) is 10.2 Å². The second kappa shape index (κ2) is 11.1. The van der Waals surface area contributed by atoms with Gasteiger partial charge in [0.05, 0.1) is 12.7 Å². The molecular formula is C19H30FN3O2. The van der Waals surface area contributed by atoms with Crippen LogP contribution in [0.4, 0.5) is 4.39 Å². The largest absolute Gasteiger partial charge is 0.379 e. The Labute approximate surface area is 150 Å². The van der Waals surface area contributed by atoms with Gasteiger partial charge in [-0.25, -0.2) is 4.39 Å². The number of halogens is 1. The Hall–Kier alpha value is -1.66. The van der Waals surface area contributed by atoms with Gasteiger partial charge in [-0.3, -0.25) is 4.99 Å². The van der Waals surface area contributed by atoms with Crippen LogP contribution in [0.2, 0.25) is 0 Å². The van der Waals surface area contributed by atoms with Crippen molar-refractivity contribution in [3.05, 3.63) is 35.6 Å². The molecule has 0 amide bonds. The highest BCUT2D eigenvalue weighted by atomic mass is 19.1. The third-order valence-electron chi connectivity index (χ3n) is 4.04. The van der Waals surface area contributed by atoms with E-state index in [1.165, 1.54) is 6.07 Å². The molecule has 2 rings (SSSR count). The van der Waals surface area contributed by atoms with Crippen LogP contribution in [0.5, 0.6) is 0 Å². The average Bonchev–Trinajstić information content (AvgIpc) is 3.10. The zero-order chi connectivity index (χ0) is 17.9. The molecule has 1 aliphatic rings. The quantitative estimate of drug-likeness (QED) is 0.422. The van der Waals surface area contributed by atoms with Crippen LogP contribution in [0.1, 0.15) is 31.7 Å². The van der Waals surface area contributed by atoms with Gasteiger partial charge in [0.15, 0.2) is 5.96 Å². The summed E-state index contributed by atoms with van der Waals surface area (Å²) in [5.41, 5.74) is 0.924. The van der Waals surface area contributed by atoms with Crippen LogP contribution in [0.25, 0.3) is 0 Å². The lowest BCUT2D eigenvalue weighted by Crippen LogP contribution is -2.38. The van der Waals surface area contributed by atoms with Crippen LogP contribution in [-0.4, -0.2) is 56.9 Å². The highest BCUT2D eigenvalue weighted by Crippen LogP contribution is 2.12.